The highest BCUT2D eigenvalue weighted by Gasteiger charge is 2.35. The van der Waals surface area contributed by atoms with Crippen LogP contribution in [0.4, 0.5) is 11.4 Å². The van der Waals surface area contributed by atoms with Gasteiger partial charge in [-0.05, 0) is 37.6 Å². The van der Waals surface area contributed by atoms with E-state index in [0.717, 1.165) is 4.90 Å². The molecule has 8 nitrogen and oxygen atoms in total. The van der Waals surface area contributed by atoms with Crippen molar-refractivity contribution in [1.29, 1.82) is 0 Å². The van der Waals surface area contributed by atoms with Crippen molar-refractivity contribution < 1.29 is 19.3 Å². The van der Waals surface area contributed by atoms with E-state index in [1.807, 2.05) is 0 Å². The molecule has 1 heterocycles. The highest BCUT2D eigenvalue weighted by atomic mass is 79.9. The van der Waals surface area contributed by atoms with E-state index in [9.17, 15) is 24.5 Å². The zero-order valence-corrected chi connectivity index (χ0v) is 16.5. The number of imide groups is 1. The van der Waals surface area contributed by atoms with Crippen LogP contribution in [0.3, 0.4) is 0 Å². The fourth-order valence-electron chi connectivity index (χ4n) is 3.03. The average Bonchev–Trinajstić information content (AvgIpc) is 2.87. The largest absolute Gasteiger partial charge is 0.326 e. The Balaban J connectivity index is 1.58. The van der Waals surface area contributed by atoms with E-state index >= 15 is 0 Å². The number of amides is 3. The van der Waals surface area contributed by atoms with Crippen molar-refractivity contribution in [3.8, 4) is 0 Å². The molecule has 3 rings (SSSR count). The van der Waals surface area contributed by atoms with Crippen LogP contribution in [0.15, 0.2) is 40.9 Å². The summed E-state index contributed by atoms with van der Waals surface area (Å²) < 4.78 is 0.709. The molecule has 0 unspecified atom stereocenters. The third kappa shape index (κ3) is 3.79. The van der Waals surface area contributed by atoms with Crippen molar-refractivity contribution >= 4 is 45.0 Å². The zero-order chi connectivity index (χ0) is 20.4. The molecule has 0 fully saturated rings. The maximum Gasteiger partial charge on any atom is 0.274 e. The number of halogens is 1. The van der Waals surface area contributed by atoms with Gasteiger partial charge in [0.1, 0.15) is 0 Å². The van der Waals surface area contributed by atoms with E-state index in [0.29, 0.717) is 26.9 Å². The lowest BCUT2D eigenvalue weighted by atomic mass is 10.1. The molecule has 0 saturated heterocycles. The molecule has 144 valence electrons. The molecule has 2 aromatic carbocycles. The first-order chi connectivity index (χ1) is 13.3. The third-order valence-corrected chi connectivity index (χ3v) is 4.99. The summed E-state index contributed by atoms with van der Waals surface area (Å²) in [6.45, 7) is 1.68. The SMILES string of the molecule is Cc1c(NC(=O)CCCN2C(=O)c3ccc(Br)cc3C2=O)cccc1[N+](=O)[O-]. The number of hydrogen-bond acceptors (Lipinski definition) is 5. The number of nitro groups is 1. The Kier molecular flexibility index (Phi) is 5.55. The molecular weight excluding hydrogens is 430 g/mol. The van der Waals surface area contributed by atoms with Crippen LogP contribution in [-0.4, -0.2) is 34.1 Å². The van der Waals surface area contributed by atoms with Gasteiger partial charge in [-0.25, -0.2) is 0 Å². The molecule has 0 spiro atoms. The lowest BCUT2D eigenvalue weighted by molar-refractivity contribution is -0.385. The number of benzene rings is 2. The number of rotatable bonds is 6. The van der Waals surface area contributed by atoms with Gasteiger partial charge in [-0.1, -0.05) is 22.0 Å². The minimum atomic E-state index is -0.508. The Morgan fingerprint density at radius 2 is 1.89 bits per heavy atom. The smallest absolute Gasteiger partial charge is 0.274 e. The minimum absolute atomic E-state index is 0.0687. The molecule has 0 radical (unpaired) electrons. The van der Waals surface area contributed by atoms with Gasteiger partial charge in [0.2, 0.25) is 5.91 Å². The number of nitrogens with one attached hydrogen (secondary N) is 1. The molecule has 0 aliphatic carbocycles. The topological polar surface area (TPSA) is 110 Å². The lowest BCUT2D eigenvalue weighted by Crippen LogP contribution is -2.31. The number of carbonyl (C=O) groups excluding carboxylic acids is 3. The first-order valence-corrected chi connectivity index (χ1v) is 9.28. The van der Waals surface area contributed by atoms with Gasteiger partial charge in [0.25, 0.3) is 17.5 Å². The van der Waals surface area contributed by atoms with Gasteiger partial charge >= 0.3 is 0 Å². The normalized spacial score (nSPS) is 12.9. The highest BCUT2D eigenvalue weighted by Crippen LogP contribution is 2.27. The van der Waals surface area contributed by atoms with E-state index in [4.69, 9.17) is 0 Å². The fraction of sp³-hybridized carbons (Fsp3) is 0.211. The maximum atomic E-state index is 12.4. The summed E-state index contributed by atoms with van der Waals surface area (Å²) in [6.07, 6.45) is 0.353. The van der Waals surface area contributed by atoms with Gasteiger partial charge in [-0.2, -0.15) is 0 Å². The fourth-order valence-corrected chi connectivity index (χ4v) is 3.39. The Morgan fingerprint density at radius 3 is 2.61 bits per heavy atom. The molecule has 0 bridgehead atoms. The van der Waals surface area contributed by atoms with Gasteiger partial charge in [0.05, 0.1) is 27.3 Å². The van der Waals surface area contributed by atoms with Crippen molar-refractivity contribution in [2.75, 3.05) is 11.9 Å². The number of hydrogen-bond donors (Lipinski definition) is 1. The molecule has 9 heteroatoms. The Hall–Kier alpha value is -3.07. The summed E-state index contributed by atoms with van der Waals surface area (Å²) in [6, 6.07) is 9.35. The molecule has 2 aromatic rings. The molecule has 3 amide bonds. The Labute approximate surface area is 168 Å². The van der Waals surface area contributed by atoms with Crippen LogP contribution in [0.1, 0.15) is 39.1 Å². The van der Waals surface area contributed by atoms with Crippen molar-refractivity contribution in [3.05, 3.63) is 67.7 Å². The summed E-state index contributed by atoms with van der Waals surface area (Å²) in [5.41, 5.74) is 1.35. The van der Waals surface area contributed by atoms with Gasteiger partial charge in [0, 0.05) is 23.5 Å². The van der Waals surface area contributed by atoms with Crippen LogP contribution < -0.4 is 5.32 Å². The van der Waals surface area contributed by atoms with Gasteiger partial charge in [-0.15, -0.1) is 0 Å². The minimum Gasteiger partial charge on any atom is -0.326 e. The first-order valence-electron chi connectivity index (χ1n) is 8.49. The number of nitrogens with zero attached hydrogens (tertiary/aromatic N) is 2. The van der Waals surface area contributed by atoms with E-state index in [1.54, 1.807) is 31.2 Å². The van der Waals surface area contributed by atoms with Crippen LogP contribution in [0.25, 0.3) is 0 Å². The summed E-state index contributed by atoms with van der Waals surface area (Å²) in [4.78, 5) is 48.5. The summed E-state index contributed by atoms with van der Waals surface area (Å²) in [5, 5.41) is 13.6. The molecular formula is C19H16BrN3O5. The Morgan fingerprint density at radius 1 is 1.18 bits per heavy atom. The van der Waals surface area contributed by atoms with E-state index < -0.39 is 4.92 Å². The molecule has 1 aliphatic heterocycles. The summed E-state index contributed by atoms with van der Waals surface area (Å²) in [5.74, 6) is -1.10. The van der Waals surface area contributed by atoms with Crippen molar-refractivity contribution in [2.45, 2.75) is 19.8 Å². The van der Waals surface area contributed by atoms with Crippen LogP contribution >= 0.6 is 15.9 Å². The third-order valence-electron chi connectivity index (χ3n) is 4.49. The van der Waals surface area contributed by atoms with Gasteiger partial charge in [-0.3, -0.25) is 29.4 Å². The standard InChI is InChI=1S/C19H16BrN3O5/c1-11-15(4-2-5-16(11)23(27)28)21-17(24)6-3-9-22-18(25)13-8-7-12(20)10-14(13)19(22)26/h2,4-5,7-8,10H,3,6,9H2,1H3,(H,21,24). The number of anilines is 1. The van der Waals surface area contributed by atoms with Crippen LogP contribution in [0.5, 0.6) is 0 Å². The molecule has 28 heavy (non-hydrogen) atoms. The zero-order valence-electron chi connectivity index (χ0n) is 14.9. The van der Waals surface area contributed by atoms with Gasteiger partial charge < -0.3 is 5.32 Å². The van der Waals surface area contributed by atoms with E-state index in [2.05, 4.69) is 21.2 Å². The summed E-state index contributed by atoms with van der Waals surface area (Å²) in [7, 11) is 0. The molecule has 0 saturated carbocycles. The second-order valence-corrected chi connectivity index (χ2v) is 7.23. The van der Waals surface area contributed by atoms with Crippen molar-refractivity contribution in [2.24, 2.45) is 0 Å². The van der Waals surface area contributed by atoms with Crippen LogP contribution in [0.2, 0.25) is 0 Å². The molecule has 0 aromatic heterocycles. The lowest BCUT2D eigenvalue weighted by Gasteiger charge is -2.13. The average molecular weight is 446 g/mol. The monoisotopic (exact) mass is 445 g/mol. The Bertz CT molecular complexity index is 1010. The van der Waals surface area contributed by atoms with Crippen LogP contribution in [0, 0.1) is 17.0 Å². The molecule has 1 aliphatic rings. The van der Waals surface area contributed by atoms with E-state index in [1.165, 1.54) is 12.1 Å². The quantitative estimate of drug-likeness (QED) is 0.414. The van der Waals surface area contributed by atoms with Crippen molar-refractivity contribution in [1.82, 2.24) is 4.90 Å². The number of fused-ring (bicyclic) bond motifs is 1. The van der Waals surface area contributed by atoms with Gasteiger partial charge in [0.15, 0.2) is 0 Å². The van der Waals surface area contributed by atoms with E-state index in [-0.39, 0.29) is 42.8 Å². The predicted molar refractivity (Wildman–Crippen MR) is 105 cm³/mol. The molecule has 0 atom stereocenters. The molecule has 1 N–H and O–H groups in total. The van der Waals surface area contributed by atoms with Crippen LogP contribution in [-0.2, 0) is 4.79 Å². The highest BCUT2D eigenvalue weighted by molar-refractivity contribution is 9.10. The number of carbonyl (C=O) groups is 3. The second kappa shape index (κ2) is 7.89. The van der Waals surface area contributed by atoms with Crippen molar-refractivity contribution in [3.63, 3.8) is 0 Å². The predicted octanol–water partition coefficient (Wildman–Crippen LogP) is 3.68. The summed E-state index contributed by atoms with van der Waals surface area (Å²) >= 11 is 3.28. The first kappa shape index (κ1) is 19.7. The second-order valence-electron chi connectivity index (χ2n) is 6.31. The number of nitro benzene ring substituents is 1. The maximum absolute atomic E-state index is 12.4.